The van der Waals surface area contributed by atoms with E-state index in [0.29, 0.717) is 12.3 Å². The van der Waals surface area contributed by atoms with Crippen LogP contribution in [0.1, 0.15) is 52.9 Å². The van der Waals surface area contributed by atoms with E-state index in [9.17, 15) is 9.59 Å². The van der Waals surface area contributed by atoms with Gasteiger partial charge in [-0.15, -0.1) is 0 Å². The van der Waals surface area contributed by atoms with E-state index in [1.807, 2.05) is 6.08 Å². The molecule has 120 valence electrons. The molecule has 0 radical (unpaired) electrons. The number of carbonyl (C=O) groups excluding carboxylic acids is 2. The van der Waals surface area contributed by atoms with Gasteiger partial charge in [0.2, 0.25) is 5.91 Å². The fraction of sp³-hybridized carbons (Fsp3) is 0.750. The summed E-state index contributed by atoms with van der Waals surface area (Å²) in [7, 11) is 1.56. The lowest BCUT2D eigenvalue weighted by Gasteiger charge is -2.22. The van der Waals surface area contributed by atoms with Crippen molar-refractivity contribution in [1.29, 1.82) is 0 Å². The normalized spacial score (nSPS) is 17.7. The number of likely N-dealkylation sites (N-methyl/N-ethyl adjacent to an activating group) is 1. The minimum Gasteiger partial charge on any atom is -0.444 e. The van der Waals surface area contributed by atoms with Crippen LogP contribution in [0.3, 0.4) is 0 Å². The maximum Gasteiger partial charge on any atom is 0.408 e. The monoisotopic (exact) mass is 296 g/mol. The number of alkyl carbamates (subject to hydrolysis) is 1. The summed E-state index contributed by atoms with van der Waals surface area (Å²) in [6.07, 6.45) is 9.09. The van der Waals surface area contributed by atoms with Crippen LogP contribution < -0.4 is 10.6 Å². The van der Waals surface area contributed by atoms with E-state index in [1.165, 1.54) is 25.7 Å². The largest absolute Gasteiger partial charge is 0.444 e. The lowest BCUT2D eigenvalue weighted by Crippen LogP contribution is -2.47. The van der Waals surface area contributed by atoms with E-state index in [2.05, 4.69) is 16.7 Å². The minimum absolute atomic E-state index is 0.211. The summed E-state index contributed by atoms with van der Waals surface area (Å²) in [6.45, 7) is 5.38. The number of nitrogens with one attached hydrogen (secondary N) is 2. The van der Waals surface area contributed by atoms with Gasteiger partial charge in [-0.3, -0.25) is 4.79 Å². The highest BCUT2D eigenvalue weighted by Gasteiger charge is 2.23. The highest BCUT2D eigenvalue weighted by atomic mass is 16.6. The zero-order valence-corrected chi connectivity index (χ0v) is 13.6. The summed E-state index contributed by atoms with van der Waals surface area (Å²) in [5.41, 5.74) is -0.572. The van der Waals surface area contributed by atoms with E-state index in [4.69, 9.17) is 4.74 Å². The molecule has 5 heteroatoms. The Morgan fingerprint density at radius 2 is 1.90 bits per heavy atom. The van der Waals surface area contributed by atoms with Gasteiger partial charge < -0.3 is 15.4 Å². The lowest BCUT2D eigenvalue weighted by molar-refractivity contribution is -0.122. The second-order valence-electron chi connectivity index (χ2n) is 6.52. The van der Waals surface area contributed by atoms with Gasteiger partial charge in [-0.2, -0.15) is 0 Å². The zero-order valence-electron chi connectivity index (χ0n) is 13.6. The first-order valence-electron chi connectivity index (χ1n) is 7.69. The molecule has 0 saturated heterocycles. The summed E-state index contributed by atoms with van der Waals surface area (Å²) in [5.74, 6) is 0.411. The van der Waals surface area contributed by atoms with Crippen LogP contribution in [0.4, 0.5) is 4.79 Å². The van der Waals surface area contributed by atoms with Gasteiger partial charge in [0.25, 0.3) is 0 Å². The van der Waals surface area contributed by atoms with Crippen molar-refractivity contribution in [2.45, 2.75) is 64.5 Å². The number of allylic oxidation sites excluding steroid dienone is 1. The molecule has 1 aliphatic carbocycles. The third-order valence-corrected chi connectivity index (χ3v) is 3.43. The predicted molar refractivity (Wildman–Crippen MR) is 82.9 cm³/mol. The van der Waals surface area contributed by atoms with E-state index < -0.39 is 17.7 Å². The molecule has 1 atom stereocenters. The molecule has 0 spiro atoms. The van der Waals surface area contributed by atoms with Gasteiger partial charge in [-0.25, -0.2) is 4.79 Å². The first kappa shape index (κ1) is 17.5. The van der Waals surface area contributed by atoms with Crippen LogP contribution in [0.5, 0.6) is 0 Å². The Bertz CT molecular complexity index is 379. The van der Waals surface area contributed by atoms with Crippen LogP contribution in [-0.2, 0) is 9.53 Å². The number of hydrogen-bond donors (Lipinski definition) is 2. The van der Waals surface area contributed by atoms with Gasteiger partial charge in [0.05, 0.1) is 0 Å². The first-order valence-corrected chi connectivity index (χ1v) is 7.69. The first-order chi connectivity index (χ1) is 9.81. The minimum atomic E-state index is -0.595. The molecule has 0 aromatic heterocycles. The molecular weight excluding hydrogens is 268 g/mol. The van der Waals surface area contributed by atoms with Crippen LogP contribution in [0.15, 0.2) is 12.2 Å². The summed E-state index contributed by atoms with van der Waals surface area (Å²) in [5, 5.41) is 5.19. The van der Waals surface area contributed by atoms with Crippen molar-refractivity contribution in [1.82, 2.24) is 10.6 Å². The van der Waals surface area contributed by atoms with Crippen molar-refractivity contribution in [3.63, 3.8) is 0 Å². The molecule has 1 aliphatic rings. The maximum absolute atomic E-state index is 11.8. The Balaban J connectivity index is 2.51. The van der Waals surface area contributed by atoms with Crippen LogP contribution >= 0.6 is 0 Å². The zero-order chi connectivity index (χ0) is 15.9. The molecule has 1 unspecified atom stereocenters. The molecule has 1 saturated carbocycles. The Morgan fingerprint density at radius 3 is 2.43 bits per heavy atom. The van der Waals surface area contributed by atoms with Crippen LogP contribution in [0.2, 0.25) is 0 Å². The number of amides is 2. The average molecular weight is 296 g/mol. The van der Waals surface area contributed by atoms with Crippen molar-refractivity contribution in [3.05, 3.63) is 12.2 Å². The van der Waals surface area contributed by atoms with E-state index in [0.717, 1.165) is 0 Å². The summed E-state index contributed by atoms with van der Waals surface area (Å²) in [4.78, 5) is 23.6. The van der Waals surface area contributed by atoms with Crippen molar-refractivity contribution in [2.75, 3.05) is 7.05 Å². The summed E-state index contributed by atoms with van der Waals surface area (Å²) < 4.78 is 5.19. The maximum atomic E-state index is 11.8. The van der Waals surface area contributed by atoms with E-state index >= 15 is 0 Å². The van der Waals surface area contributed by atoms with Crippen molar-refractivity contribution >= 4 is 12.0 Å². The van der Waals surface area contributed by atoms with Gasteiger partial charge in [0.15, 0.2) is 0 Å². The third-order valence-electron chi connectivity index (χ3n) is 3.43. The Kier molecular flexibility index (Phi) is 6.72. The predicted octanol–water partition coefficient (Wildman–Crippen LogP) is 2.76. The molecule has 0 heterocycles. The second-order valence-corrected chi connectivity index (χ2v) is 6.52. The molecule has 1 rings (SSSR count). The highest BCUT2D eigenvalue weighted by Crippen LogP contribution is 2.25. The SMILES string of the molecule is CNC(=O)C(CC=CC1CCCC1)NC(=O)OC(C)(C)C. The van der Waals surface area contributed by atoms with Gasteiger partial charge >= 0.3 is 6.09 Å². The number of carbonyl (C=O) groups is 2. The molecule has 5 nitrogen and oxygen atoms in total. The van der Waals surface area contributed by atoms with Crippen molar-refractivity contribution in [3.8, 4) is 0 Å². The Labute approximate surface area is 127 Å². The Morgan fingerprint density at radius 1 is 1.29 bits per heavy atom. The second kappa shape index (κ2) is 8.05. The van der Waals surface area contributed by atoms with Gasteiger partial charge in [0.1, 0.15) is 11.6 Å². The molecular formula is C16H28N2O3. The standard InChI is InChI=1S/C16H28N2O3/c1-16(2,3)21-15(20)18-13(14(19)17-4)11-7-10-12-8-5-6-9-12/h7,10,12-13H,5-6,8-9,11H2,1-4H3,(H,17,19)(H,18,20). The Hall–Kier alpha value is -1.52. The smallest absolute Gasteiger partial charge is 0.408 e. The molecule has 0 aliphatic heterocycles. The van der Waals surface area contributed by atoms with Crippen molar-refractivity contribution in [2.24, 2.45) is 5.92 Å². The van der Waals surface area contributed by atoms with Crippen LogP contribution in [-0.4, -0.2) is 30.7 Å². The molecule has 0 aromatic rings. The van der Waals surface area contributed by atoms with Crippen LogP contribution in [0, 0.1) is 5.92 Å². The topological polar surface area (TPSA) is 67.4 Å². The quantitative estimate of drug-likeness (QED) is 0.767. The molecule has 2 amide bonds. The number of hydrogen-bond acceptors (Lipinski definition) is 3. The van der Waals surface area contributed by atoms with Gasteiger partial charge in [-0.05, 0) is 46.0 Å². The lowest BCUT2D eigenvalue weighted by atomic mass is 10.1. The van der Waals surface area contributed by atoms with Crippen LogP contribution in [0.25, 0.3) is 0 Å². The molecule has 2 N–H and O–H groups in total. The highest BCUT2D eigenvalue weighted by molar-refractivity contribution is 5.85. The van der Waals surface area contributed by atoms with Gasteiger partial charge in [-0.1, -0.05) is 25.0 Å². The molecule has 1 fully saturated rings. The third kappa shape index (κ3) is 7.16. The van der Waals surface area contributed by atoms with E-state index in [-0.39, 0.29) is 5.91 Å². The number of rotatable bonds is 5. The average Bonchev–Trinajstić information content (AvgIpc) is 2.87. The summed E-state index contributed by atoms with van der Waals surface area (Å²) >= 11 is 0. The van der Waals surface area contributed by atoms with E-state index in [1.54, 1.807) is 27.8 Å². The fourth-order valence-corrected chi connectivity index (χ4v) is 2.41. The van der Waals surface area contributed by atoms with Gasteiger partial charge in [0, 0.05) is 7.05 Å². The molecule has 0 bridgehead atoms. The molecule has 0 aromatic carbocycles. The summed E-state index contributed by atoms with van der Waals surface area (Å²) in [6, 6.07) is -0.595. The molecule has 21 heavy (non-hydrogen) atoms. The fourth-order valence-electron chi connectivity index (χ4n) is 2.41. The van der Waals surface area contributed by atoms with Crippen molar-refractivity contribution < 1.29 is 14.3 Å². The number of ether oxygens (including phenoxy) is 1.